The van der Waals surface area contributed by atoms with Gasteiger partial charge < -0.3 is 15.4 Å². The summed E-state index contributed by atoms with van der Waals surface area (Å²) < 4.78 is 5.51. The molecule has 2 N–H and O–H groups in total. The van der Waals surface area contributed by atoms with E-state index in [2.05, 4.69) is 4.98 Å². The lowest BCUT2D eigenvalue weighted by molar-refractivity contribution is -0.133. The van der Waals surface area contributed by atoms with E-state index in [0.717, 1.165) is 38.0 Å². The Hall–Kier alpha value is -1.62. The summed E-state index contributed by atoms with van der Waals surface area (Å²) in [6, 6.07) is 3.73. The largest absolute Gasteiger partial charge is 0.482 e. The van der Waals surface area contributed by atoms with Crippen molar-refractivity contribution < 1.29 is 9.53 Å². The molecule has 5 heteroatoms. The number of nitrogens with zero attached hydrogens (tertiary/aromatic N) is 2. The second-order valence-electron chi connectivity index (χ2n) is 5.11. The van der Waals surface area contributed by atoms with Gasteiger partial charge in [-0.25, -0.2) is 0 Å². The molecule has 0 aromatic carbocycles. The first-order chi connectivity index (χ1) is 9.79. The number of nitrogens with two attached hydrogens (primary N) is 1. The molecule has 0 spiro atoms. The van der Waals surface area contributed by atoms with Crippen molar-refractivity contribution in [2.75, 3.05) is 26.2 Å². The predicted molar refractivity (Wildman–Crippen MR) is 77.5 cm³/mol. The zero-order valence-corrected chi connectivity index (χ0v) is 11.9. The van der Waals surface area contributed by atoms with Crippen LogP contribution < -0.4 is 10.5 Å². The normalized spacial score (nSPS) is 15.8. The van der Waals surface area contributed by atoms with Crippen LogP contribution in [0.4, 0.5) is 0 Å². The maximum Gasteiger partial charge on any atom is 0.260 e. The van der Waals surface area contributed by atoms with Gasteiger partial charge in [-0.05, 0) is 31.5 Å². The highest BCUT2D eigenvalue weighted by Crippen LogP contribution is 2.12. The number of ether oxygens (including phenoxy) is 1. The van der Waals surface area contributed by atoms with E-state index in [-0.39, 0.29) is 12.5 Å². The molecule has 1 aromatic heterocycles. The minimum Gasteiger partial charge on any atom is -0.482 e. The van der Waals surface area contributed by atoms with Crippen molar-refractivity contribution in [3.63, 3.8) is 0 Å². The first-order valence-electron chi connectivity index (χ1n) is 7.35. The first-order valence-corrected chi connectivity index (χ1v) is 7.35. The smallest absolute Gasteiger partial charge is 0.260 e. The van der Waals surface area contributed by atoms with Crippen LogP contribution in [-0.2, 0) is 11.2 Å². The van der Waals surface area contributed by atoms with E-state index in [1.54, 1.807) is 6.20 Å². The molecule has 0 aliphatic carbocycles. The lowest BCUT2D eigenvalue weighted by Gasteiger charge is -2.20. The number of amides is 1. The molecule has 1 amide bonds. The van der Waals surface area contributed by atoms with E-state index >= 15 is 0 Å². The lowest BCUT2D eigenvalue weighted by atomic mass is 10.2. The van der Waals surface area contributed by atoms with Gasteiger partial charge in [-0.1, -0.05) is 12.8 Å². The molecule has 0 unspecified atom stereocenters. The quantitative estimate of drug-likeness (QED) is 0.882. The summed E-state index contributed by atoms with van der Waals surface area (Å²) in [6.07, 6.45) is 7.05. The molecule has 1 aromatic rings. The van der Waals surface area contributed by atoms with E-state index in [0.29, 0.717) is 12.3 Å². The van der Waals surface area contributed by atoms with E-state index in [4.69, 9.17) is 10.5 Å². The molecule has 2 rings (SSSR count). The highest BCUT2D eigenvalue weighted by atomic mass is 16.5. The average Bonchev–Trinajstić information content (AvgIpc) is 2.76. The number of hydrogen-bond donors (Lipinski definition) is 1. The van der Waals surface area contributed by atoms with Gasteiger partial charge in [0.05, 0.1) is 6.20 Å². The van der Waals surface area contributed by atoms with Gasteiger partial charge >= 0.3 is 0 Å². The van der Waals surface area contributed by atoms with Gasteiger partial charge in [0.25, 0.3) is 5.91 Å². The predicted octanol–water partition coefficient (Wildman–Crippen LogP) is 1.36. The molecule has 1 fully saturated rings. The number of carbonyl (C=O) groups is 1. The van der Waals surface area contributed by atoms with E-state index < -0.39 is 0 Å². The van der Waals surface area contributed by atoms with Gasteiger partial charge in [0.2, 0.25) is 0 Å². The van der Waals surface area contributed by atoms with Crippen molar-refractivity contribution in [2.24, 2.45) is 5.73 Å². The fraction of sp³-hybridized carbons (Fsp3) is 0.600. The van der Waals surface area contributed by atoms with Crippen LogP contribution in [0, 0.1) is 0 Å². The summed E-state index contributed by atoms with van der Waals surface area (Å²) in [4.78, 5) is 18.2. The van der Waals surface area contributed by atoms with Crippen molar-refractivity contribution in [3.05, 3.63) is 24.0 Å². The van der Waals surface area contributed by atoms with Crippen LogP contribution in [0.3, 0.4) is 0 Å². The molecular formula is C15H23N3O2. The summed E-state index contributed by atoms with van der Waals surface area (Å²) in [5, 5.41) is 0. The number of carbonyl (C=O) groups excluding carboxylic acids is 1. The van der Waals surface area contributed by atoms with Gasteiger partial charge in [-0.3, -0.25) is 9.78 Å². The zero-order valence-electron chi connectivity index (χ0n) is 11.9. The molecule has 0 radical (unpaired) electrons. The third-order valence-electron chi connectivity index (χ3n) is 3.52. The second kappa shape index (κ2) is 7.85. The van der Waals surface area contributed by atoms with Gasteiger partial charge in [-0.2, -0.15) is 0 Å². The monoisotopic (exact) mass is 277 g/mol. The molecule has 1 saturated heterocycles. The summed E-state index contributed by atoms with van der Waals surface area (Å²) >= 11 is 0. The number of hydrogen-bond acceptors (Lipinski definition) is 4. The van der Waals surface area contributed by atoms with Gasteiger partial charge in [0, 0.05) is 25.2 Å². The molecule has 1 aliphatic rings. The van der Waals surface area contributed by atoms with Crippen LogP contribution in [0.5, 0.6) is 5.75 Å². The van der Waals surface area contributed by atoms with E-state index in [1.807, 2.05) is 17.0 Å². The Morgan fingerprint density at radius 1 is 1.25 bits per heavy atom. The van der Waals surface area contributed by atoms with Crippen molar-refractivity contribution in [1.82, 2.24) is 9.88 Å². The maximum absolute atomic E-state index is 12.1. The minimum atomic E-state index is 0.0675. The highest BCUT2D eigenvalue weighted by molar-refractivity contribution is 5.77. The fourth-order valence-corrected chi connectivity index (χ4v) is 2.35. The van der Waals surface area contributed by atoms with Gasteiger partial charge in [0.15, 0.2) is 6.61 Å². The topological polar surface area (TPSA) is 68.5 Å². The molecule has 0 saturated carbocycles. The Morgan fingerprint density at radius 2 is 2.00 bits per heavy atom. The van der Waals surface area contributed by atoms with Crippen molar-refractivity contribution in [2.45, 2.75) is 32.1 Å². The Kier molecular flexibility index (Phi) is 5.80. The maximum atomic E-state index is 12.1. The average molecular weight is 277 g/mol. The van der Waals surface area contributed by atoms with Crippen LogP contribution in [0.25, 0.3) is 0 Å². The second-order valence-corrected chi connectivity index (χ2v) is 5.11. The molecule has 20 heavy (non-hydrogen) atoms. The third-order valence-corrected chi connectivity index (χ3v) is 3.52. The summed E-state index contributed by atoms with van der Waals surface area (Å²) in [5.74, 6) is 0.701. The van der Waals surface area contributed by atoms with Crippen molar-refractivity contribution in [3.8, 4) is 5.75 Å². The molecule has 2 heterocycles. The number of likely N-dealkylation sites (tertiary alicyclic amines) is 1. The molecule has 0 bridgehead atoms. The molecule has 1 aliphatic heterocycles. The molecular weight excluding hydrogens is 254 g/mol. The Bertz CT molecular complexity index is 412. The fourth-order valence-electron chi connectivity index (χ4n) is 2.35. The summed E-state index contributed by atoms with van der Waals surface area (Å²) in [5.41, 5.74) is 6.41. The summed E-state index contributed by atoms with van der Waals surface area (Å²) in [7, 11) is 0. The van der Waals surface area contributed by atoms with Gasteiger partial charge in [0.1, 0.15) is 5.75 Å². The first kappa shape index (κ1) is 14.8. The summed E-state index contributed by atoms with van der Waals surface area (Å²) in [6.45, 7) is 2.39. The van der Waals surface area contributed by atoms with Crippen LogP contribution in [-0.4, -0.2) is 42.0 Å². The van der Waals surface area contributed by atoms with Crippen LogP contribution in [0.15, 0.2) is 18.3 Å². The highest BCUT2D eigenvalue weighted by Gasteiger charge is 2.15. The number of aromatic nitrogens is 1. The number of rotatable bonds is 5. The lowest BCUT2D eigenvalue weighted by Crippen LogP contribution is -2.35. The van der Waals surface area contributed by atoms with E-state index in [9.17, 15) is 4.79 Å². The van der Waals surface area contributed by atoms with E-state index in [1.165, 1.54) is 12.8 Å². The van der Waals surface area contributed by atoms with Crippen LogP contribution in [0.1, 0.15) is 31.4 Å². The Balaban J connectivity index is 1.80. The van der Waals surface area contributed by atoms with Crippen LogP contribution in [0.2, 0.25) is 0 Å². The molecule has 110 valence electrons. The van der Waals surface area contributed by atoms with Gasteiger partial charge in [-0.15, -0.1) is 0 Å². The Labute approximate surface area is 120 Å². The van der Waals surface area contributed by atoms with Crippen molar-refractivity contribution in [1.29, 1.82) is 0 Å². The zero-order chi connectivity index (χ0) is 14.2. The van der Waals surface area contributed by atoms with Crippen LogP contribution >= 0.6 is 0 Å². The Morgan fingerprint density at radius 3 is 2.60 bits per heavy atom. The third kappa shape index (κ3) is 4.49. The molecule has 5 nitrogen and oxygen atoms in total. The SMILES string of the molecule is NCCc1ccc(OCC(=O)N2CCCCCC2)cn1. The minimum absolute atomic E-state index is 0.0675. The number of pyridine rings is 1. The molecule has 0 atom stereocenters. The van der Waals surface area contributed by atoms with Crippen molar-refractivity contribution >= 4 is 5.91 Å². The standard InChI is InChI=1S/C15H23N3O2/c16-8-7-13-5-6-14(11-17-13)20-12-15(19)18-9-3-1-2-4-10-18/h5-6,11H,1-4,7-10,12,16H2.